The second kappa shape index (κ2) is 6.10. The molecule has 1 amide bonds. The summed E-state index contributed by atoms with van der Waals surface area (Å²) in [5, 5.41) is 21.4. The van der Waals surface area contributed by atoms with Crippen molar-refractivity contribution in [2.24, 2.45) is 10.2 Å². The van der Waals surface area contributed by atoms with Gasteiger partial charge in [0.25, 0.3) is 5.69 Å². The summed E-state index contributed by atoms with van der Waals surface area (Å²) in [5.41, 5.74) is 0.634. The van der Waals surface area contributed by atoms with Gasteiger partial charge < -0.3 is 5.32 Å². The van der Waals surface area contributed by atoms with Crippen LogP contribution in [-0.4, -0.2) is 28.0 Å². The number of nitrogens with one attached hydrogen (secondary N) is 1. The number of amidine groups is 1. The third-order valence-electron chi connectivity index (χ3n) is 2.14. The van der Waals surface area contributed by atoms with E-state index in [-0.39, 0.29) is 11.6 Å². The maximum atomic E-state index is 10.9. The molecule has 19 heavy (non-hydrogen) atoms. The van der Waals surface area contributed by atoms with Crippen molar-refractivity contribution in [2.75, 3.05) is 5.75 Å². The van der Waals surface area contributed by atoms with Crippen molar-refractivity contribution in [2.45, 2.75) is 0 Å². The number of carbonyl (C=O) groups excluding carboxylic acids is 1. The van der Waals surface area contributed by atoms with Crippen molar-refractivity contribution >= 4 is 57.3 Å². The zero-order valence-corrected chi connectivity index (χ0v) is 12.3. The first-order valence-corrected chi connectivity index (χ1v) is 7.11. The van der Waals surface area contributed by atoms with Crippen molar-refractivity contribution in [1.82, 2.24) is 5.32 Å². The van der Waals surface area contributed by atoms with Gasteiger partial charge in [0.15, 0.2) is 5.17 Å². The smallest absolute Gasteiger partial charge is 0.283 e. The molecule has 1 heterocycles. The quantitative estimate of drug-likeness (QED) is 0.368. The normalized spacial score (nSPS) is 17.1. The predicted octanol–water partition coefficient (Wildman–Crippen LogP) is 1.75. The van der Waals surface area contributed by atoms with E-state index in [0.29, 0.717) is 20.1 Å². The Morgan fingerprint density at radius 1 is 1.53 bits per heavy atom. The SMILES string of the molecule is O=C1CSC(=NN=Cc2cccc([N+](=O)[O-])c2I)N1. The molecule has 9 heteroatoms. The van der Waals surface area contributed by atoms with Gasteiger partial charge in [-0.2, -0.15) is 5.10 Å². The molecule has 1 saturated heterocycles. The van der Waals surface area contributed by atoms with Crippen LogP contribution in [0.2, 0.25) is 0 Å². The molecule has 1 aliphatic rings. The van der Waals surface area contributed by atoms with Gasteiger partial charge in [-0.1, -0.05) is 23.9 Å². The first kappa shape index (κ1) is 13.9. The van der Waals surface area contributed by atoms with Crippen LogP contribution in [0.25, 0.3) is 0 Å². The van der Waals surface area contributed by atoms with E-state index in [0.717, 1.165) is 0 Å². The third kappa shape index (κ3) is 3.50. The Labute approximate surface area is 125 Å². The minimum absolute atomic E-state index is 0.0285. The lowest BCUT2D eigenvalue weighted by Gasteiger charge is -1.98. The number of benzene rings is 1. The van der Waals surface area contributed by atoms with Crippen LogP contribution in [0.3, 0.4) is 0 Å². The number of carbonyl (C=O) groups is 1. The molecule has 0 saturated carbocycles. The molecular formula is C10H7IN4O3S. The number of thioether (sulfide) groups is 1. The molecule has 1 fully saturated rings. The Morgan fingerprint density at radius 2 is 2.32 bits per heavy atom. The number of rotatable bonds is 3. The highest BCUT2D eigenvalue weighted by atomic mass is 127. The van der Waals surface area contributed by atoms with Crippen molar-refractivity contribution in [1.29, 1.82) is 0 Å². The molecule has 1 N–H and O–H groups in total. The summed E-state index contributed by atoms with van der Waals surface area (Å²) in [5.74, 6) is 0.228. The van der Waals surface area contributed by atoms with E-state index in [4.69, 9.17) is 0 Å². The fourth-order valence-corrected chi connectivity index (χ4v) is 2.63. The number of nitro benzene ring substituents is 1. The zero-order valence-electron chi connectivity index (χ0n) is 9.37. The van der Waals surface area contributed by atoms with Crippen molar-refractivity contribution in [3.05, 3.63) is 37.4 Å². The van der Waals surface area contributed by atoms with Gasteiger partial charge in [-0.3, -0.25) is 14.9 Å². The average molecular weight is 390 g/mol. The van der Waals surface area contributed by atoms with Gasteiger partial charge in [-0.25, -0.2) is 0 Å². The van der Waals surface area contributed by atoms with E-state index in [1.807, 2.05) is 22.6 Å². The van der Waals surface area contributed by atoms with Gasteiger partial charge in [0.05, 0.1) is 20.5 Å². The van der Waals surface area contributed by atoms with Crippen molar-refractivity contribution in [3.8, 4) is 0 Å². The first-order chi connectivity index (χ1) is 9.08. The number of nitrogens with zero attached hydrogens (tertiary/aromatic N) is 3. The number of halogens is 1. The third-order valence-corrected chi connectivity index (χ3v) is 4.18. The lowest BCUT2D eigenvalue weighted by atomic mass is 10.2. The summed E-state index contributed by atoms with van der Waals surface area (Å²) in [6.45, 7) is 0. The number of nitro groups is 1. The minimum Gasteiger partial charge on any atom is -0.303 e. The Morgan fingerprint density at radius 3 is 2.95 bits per heavy atom. The summed E-state index contributed by atoms with van der Waals surface area (Å²) >= 11 is 3.15. The number of hydrogen-bond acceptors (Lipinski definition) is 6. The van der Waals surface area contributed by atoms with Crippen LogP contribution in [0.4, 0.5) is 5.69 Å². The van der Waals surface area contributed by atoms with E-state index in [2.05, 4.69) is 15.5 Å². The molecule has 2 rings (SSSR count). The van der Waals surface area contributed by atoms with E-state index in [1.165, 1.54) is 24.0 Å². The van der Waals surface area contributed by atoms with Crippen LogP contribution in [0.15, 0.2) is 28.4 Å². The molecular weight excluding hydrogens is 383 g/mol. The maximum Gasteiger partial charge on any atom is 0.283 e. The molecule has 0 aromatic heterocycles. The molecule has 0 spiro atoms. The van der Waals surface area contributed by atoms with Gasteiger partial charge in [0.2, 0.25) is 5.91 Å². The molecule has 0 radical (unpaired) electrons. The molecule has 0 atom stereocenters. The Bertz CT molecular complexity index is 602. The standard InChI is InChI=1S/C10H7IN4O3S/c11-9-6(2-1-3-7(9)15(17)18)4-12-14-10-13-8(16)5-19-10/h1-4H,5H2,(H,13,14,16). The summed E-state index contributed by atoms with van der Waals surface area (Å²) in [7, 11) is 0. The van der Waals surface area contributed by atoms with Gasteiger partial charge in [-0.15, -0.1) is 5.10 Å². The summed E-state index contributed by atoms with van der Waals surface area (Å²) < 4.78 is 0.497. The molecule has 98 valence electrons. The van der Waals surface area contributed by atoms with Crippen LogP contribution < -0.4 is 5.32 Å². The second-order valence-electron chi connectivity index (χ2n) is 3.42. The summed E-state index contributed by atoms with van der Waals surface area (Å²) in [6, 6.07) is 4.72. The monoisotopic (exact) mass is 390 g/mol. The van der Waals surface area contributed by atoms with Gasteiger partial charge >= 0.3 is 0 Å². The lowest BCUT2D eigenvalue weighted by molar-refractivity contribution is -0.385. The fourth-order valence-electron chi connectivity index (χ4n) is 1.30. The highest BCUT2D eigenvalue weighted by molar-refractivity contribution is 14.1. The average Bonchev–Trinajstić information content (AvgIpc) is 2.77. The Hall–Kier alpha value is -1.49. The maximum absolute atomic E-state index is 10.9. The molecule has 0 unspecified atom stereocenters. The van der Waals surface area contributed by atoms with E-state index in [1.54, 1.807) is 12.1 Å². The predicted molar refractivity (Wildman–Crippen MR) is 81.4 cm³/mol. The first-order valence-electron chi connectivity index (χ1n) is 5.04. The van der Waals surface area contributed by atoms with E-state index >= 15 is 0 Å². The Balaban J connectivity index is 2.17. The van der Waals surface area contributed by atoms with Gasteiger partial charge in [-0.05, 0) is 22.6 Å². The molecule has 1 aliphatic heterocycles. The summed E-state index contributed by atoms with van der Waals surface area (Å²) in [4.78, 5) is 21.2. The van der Waals surface area contributed by atoms with Crippen molar-refractivity contribution in [3.63, 3.8) is 0 Å². The topological polar surface area (TPSA) is 97.0 Å². The molecule has 0 bridgehead atoms. The van der Waals surface area contributed by atoms with E-state index < -0.39 is 4.92 Å². The highest BCUT2D eigenvalue weighted by Crippen LogP contribution is 2.23. The van der Waals surface area contributed by atoms with Crippen LogP contribution in [0.1, 0.15) is 5.56 Å². The van der Waals surface area contributed by atoms with Crippen molar-refractivity contribution < 1.29 is 9.72 Å². The fraction of sp³-hybridized carbons (Fsp3) is 0.100. The highest BCUT2D eigenvalue weighted by Gasteiger charge is 2.16. The van der Waals surface area contributed by atoms with Gasteiger partial charge in [0, 0.05) is 11.6 Å². The number of hydrogen-bond donors (Lipinski definition) is 1. The molecule has 1 aromatic carbocycles. The summed E-state index contributed by atoms with van der Waals surface area (Å²) in [6.07, 6.45) is 1.42. The lowest BCUT2D eigenvalue weighted by Crippen LogP contribution is -2.19. The largest absolute Gasteiger partial charge is 0.303 e. The van der Waals surface area contributed by atoms with Crippen LogP contribution in [0, 0.1) is 13.7 Å². The van der Waals surface area contributed by atoms with Crippen LogP contribution in [0.5, 0.6) is 0 Å². The van der Waals surface area contributed by atoms with Crippen LogP contribution >= 0.6 is 34.4 Å². The Kier molecular flexibility index (Phi) is 4.47. The molecule has 0 aliphatic carbocycles. The van der Waals surface area contributed by atoms with Crippen LogP contribution in [-0.2, 0) is 4.79 Å². The molecule has 7 nitrogen and oxygen atoms in total. The number of amides is 1. The zero-order chi connectivity index (χ0) is 13.8. The van der Waals surface area contributed by atoms with Gasteiger partial charge in [0.1, 0.15) is 0 Å². The van der Waals surface area contributed by atoms with E-state index in [9.17, 15) is 14.9 Å². The molecule has 1 aromatic rings. The minimum atomic E-state index is -0.446. The second-order valence-corrected chi connectivity index (χ2v) is 5.47.